The lowest BCUT2D eigenvalue weighted by Crippen LogP contribution is -2.63. The van der Waals surface area contributed by atoms with Crippen LogP contribution in [0.5, 0.6) is 0 Å². The highest BCUT2D eigenvalue weighted by molar-refractivity contribution is 7.80. The second-order valence-corrected chi connectivity index (χ2v) is 37.9. The summed E-state index contributed by atoms with van der Waals surface area (Å²) in [5.74, 6) is -23.9. The van der Waals surface area contributed by atoms with Crippen molar-refractivity contribution in [1.82, 2.24) is 120 Å². The highest BCUT2D eigenvalue weighted by Crippen LogP contribution is 2.26. The monoisotopic (exact) mass is 2080 g/mol. The molecule has 0 saturated carbocycles. The zero-order chi connectivity index (χ0) is 108. The Bertz CT molecular complexity index is 5850. The van der Waals surface area contributed by atoms with Crippen LogP contribution in [0.3, 0.4) is 0 Å². The summed E-state index contributed by atoms with van der Waals surface area (Å²) in [7, 11) is 0. The van der Waals surface area contributed by atoms with E-state index >= 15 is 14.4 Å². The van der Waals surface area contributed by atoms with E-state index in [4.69, 9.17) is 5.73 Å². The Morgan fingerprint density at radius 2 is 0.878 bits per heavy atom. The van der Waals surface area contributed by atoms with Crippen LogP contribution in [-0.2, 0) is 122 Å². The third-order valence-corrected chi connectivity index (χ3v) is 25.9. The molecule has 147 heavy (non-hydrogen) atoms. The molecule has 19 atom stereocenters. The molecule has 798 valence electrons. The molecule has 2 saturated heterocycles. The molecule has 6 heterocycles. The Balaban J connectivity index is 0.868. The lowest BCUT2D eigenvalue weighted by Gasteiger charge is -2.30. The minimum Gasteiger partial charge on any atom is -0.481 e. The van der Waals surface area contributed by atoms with Crippen molar-refractivity contribution in [2.24, 2.45) is 23.5 Å². The van der Waals surface area contributed by atoms with Crippen molar-refractivity contribution < 1.29 is 121 Å². The number of aromatic amines is 4. The first-order valence-corrected chi connectivity index (χ1v) is 49.5. The number of nitrogens with two attached hydrogens (primary N) is 1. The second kappa shape index (κ2) is 55.7. The summed E-state index contributed by atoms with van der Waals surface area (Å²) in [5, 5.41) is 96.7. The molecule has 0 spiro atoms. The van der Waals surface area contributed by atoms with Crippen LogP contribution in [0.25, 0.3) is 32.7 Å². The van der Waals surface area contributed by atoms with Crippen molar-refractivity contribution in [3.05, 3.63) is 126 Å². The van der Waals surface area contributed by atoms with E-state index in [1.165, 1.54) is 36.7 Å². The van der Waals surface area contributed by atoms with Gasteiger partial charge in [0.05, 0.1) is 50.7 Å². The van der Waals surface area contributed by atoms with Gasteiger partial charge in [-0.15, -0.1) is 0 Å². The van der Waals surface area contributed by atoms with E-state index < -0.39 is 296 Å². The number of aliphatic hydroxyl groups excluding tert-OH is 3. The second-order valence-electron chi connectivity index (χ2n) is 37.1. The maximum atomic E-state index is 15.1. The number of nitrogens with one attached hydrogen (secondary N) is 21. The Labute approximate surface area is 855 Å². The van der Waals surface area contributed by atoms with Crippen molar-refractivity contribution in [3.63, 3.8) is 0 Å². The van der Waals surface area contributed by atoms with Gasteiger partial charge in [0.2, 0.25) is 106 Å². The molecule has 0 unspecified atom stereocenters. The molecule has 4 aromatic heterocycles. The highest BCUT2D eigenvalue weighted by Gasteiger charge is 2.44. The van der Waals surface area contributed by atoms with Gasteiger partial charge in [0.1, 0.15) is 90.6 Å². The number of carbonyl (C=O) groups excluding carboxylic acids is 18. The first-order chi connectivity index (χ1) is 69.9. The highest BCUT2D eigenvalue weighted by atomic mass is 32.1. The summed E-state index contributed by atoms with van der Waals surface area (Å²) in [6.07, 6.45) is 2.46. The lowest BCUT2D eigenvalue weighted by atomic mass is 9.96. The molecule has 7 aromatic rings. The van der Waals surface area contributed by atoms with Crippen molar-refractivity contribution in [3.8, 4) is 0 Å². The number of para-hydroxylation sites is 3. The van der Waals surface area contributed by atoms with Crippen LogP contribution >= 0.6 is 25.3 Å². The van der Waals surface area contributed by atoms with E-state index in [2.05, 4.69) is 141 Å². The molecule has 3 aromatic carbocycles. The van der Waals surface area contributed by atoms with Crippen LogP contribution in [0.2, 0.25) is 0 Å². The minimum atomic E-state index is -2.13. The number of hydrogen-bond donors (Lipinski definition) is 29. The summed E-state index contributed by atoms with van der Waals surface area (Å²) in [5.41, 5.74) is 8.97. The van der Waals surface area contributed by atoms with Gasteiger partial charge in [0, 0.05) is 113 Å². The predicted octanol–water partition coefficient (Wildman–Crippen LogP) is -4.93. The fraction of sp³-hybridized carbons (Fsp3) is 0.510. The Kier molecular flexibility index (Phi) is 43.9. The molecule has 49 nitrogen and oxygen atoms in total. The zero-order valence-electron chi connectivity index (χ0n) is 82.3. The number of rotatable bonds is 57. The molecule has 9 rings (SSSR count). The summed E-state index contributed by atoms with van der Waals surface area (Å²) < 4.78 is 0. The van der Waals surface area contributed by atoms with Crippen molar-refractivity contribution >= 4 is 176 Å². The molecular weight excluding hydrogens is 1950 g/mol. The van der Waals surface area contributed by atoms with Crippen LogP contribution in [-0.4, -0.2) is 327 Å². The number of nitrogens with zero attached hydrogens (tertiary/aromatic N) is 2. The molecule has 28 N–H and O–H groups in total. The number of likely N-dealkylation sites (tertiary alicyclic amines) is 1. The largest absolute Gasteiger partial charge is 0.481 e. The van der Waals surface area contributed by atoms with E-state index in [0.717, 1.165) is 13.3 Å². The Morgan fingerprint density at radius 3 is 1.33 bits per heavy atom. The van der Waals surface area contributed by atoms with Gasteiger partial charge in [0.25, 0.3) is 0 Å². The normalized spacial score (nSPS) is 16.9. The SMILES string of the molecule is CC[C@H](C)[C@H](NC(=O)CNC(=O)[C@H](CCC(N)=O)NC(=O)[C@H](Cc1c[nH]c2ccccc12)NC(=O)[C@H](CC(=O)O)NC(=O)[C@H](Cc1c[nH]c2ccccc12)NC(=O)[C@@H](NC(=O)[C@H](CS)NC(=O)[C@@H](NC(=O)[C@@H]1CCCN1C(=O)[C@@H]1CCCN1)[C@@H](C)O)[C@@H](C)O)C(=O)N[C@@H](CC(C)C)C(=O)N[C@H](C(=O)N[C@@H](Cc1c[nH]c2ccccc12)C(=O)N[C@@H](CS)C(=O)N[C@@H](CO)C(=O)NCC(=O)N[C@@H](Cc1cnc[nH]1)C(=O)O)C(C)C. The van der Waals surface area contributed by atoms with Gasteiger partial charge in [-0.1, -0.05) is 103 Å². The van der Waals surface area contributed by atoms with Gasteiger partial charge in [-0.2, -0.15) is 25.3 Å². The molecule has 0 radical (unpaired) electrons. The van der Waals surface area contributed by atoms with E-state index in [1.807, 2.05) is 0 Å². The number of fused-ring (bicyclic) bond motifs is 3. The number of H-pyrrole nitrogens is 4. The summed E-state index contributed by atoms with van der Waals surface area (Å²) >= 11 is 8.52. The van der Waals surface area contributed by atoms with Crippen LogP contribution in [0.15, 0.2) is 104 Å². The molecule has 0 bridgehead atoms. The summed E-state index contributed by atoms with van der Waals surface area (Å²) in [6.45, 7) is 10.4. The number of carbonyl (C=O) groups is 20. The van der Waals surface area contributed by atoms with Crippen LogP contribution in [0.4, 0.5) is 0 Å². The van der Waals surface area contributed by atoms with Gasteiger partial charge >= 0.3 is 11.9 Å². The standard InChI is InChI=1S/C96H132N24O25S2/c1-9-48(6)78(92(140)110-63(30-46(2)3)87(135)117-77(47(4)5)91(139)111-66(33-53-38-102-60-23-15-12-20-57(53)60)85(133)114-70(43-146)88(136)113-69(42-121)82(130)104-40-74(125)106-68(96(144)145)34-54-39-98-45-105-54)116-75(126)41-103-81(129)61(26-27-73(97)124)107-83(131)64(31-51-36-100-58-21-13-10-18-55(51)58)108-86(134)67(35-76(127)128)109-84(132)65(32-52-37-101-59-22-14-11-19-56(52)59)112-93(141)79(49(7)122)118-89(137)71(44-147)115-94(142)80(50(8)123)119-90(138)72-25-17-29-120(72)95(143)62-24-16-28-99-62/h10-15,18-23,36-39,45-50,61-72,77-80,99-102,121-123,146-147H,9,16-17,24-35,40-44H2,1-8H3,(H2,97,124)(H,98,105)(H,103,129)(H,104,130)(H,106,125)(H,107,131)(H,108,134)(H,109,132)(H,110,140)(H,111,139)(H,112,141)(H,113,136)(H,114,133)(H,115,142)(H,116,126)(H,117,135)(H,118,137)(H,119,138)(H,127,128)(H,144,145)/t48-,49+,50+,61-,62-,63-,64-,65-,66-,67-,68-,69-,70-,71-,72-,77-,78-,79-,80-/m0/s1. The number of primary amides is 1. The first-order valence-electron chi connectivity index (χ1n) is 48.3. The third kappa shape index (κ3) is 33.5. The Morgan fingerprint density at radius 1 is 0.456 bits per heavy atom. The topological polar surface area (TPSA) is 752 Å². The Hall–Kier alpha value is -14.6. The number of carboxylic acids is 2. The zero-order valence-corrected chi connectivity index (χ0v) is 84.1. The first kappa shape index (κ1) is 116. The van der Waals surface area contributed by atoms with E-state index in [0.29, 0.717) is 74.5 Å². The lowest BCUT2D eigenvalue weighted by molar-refractivity contribution is -0.142. The maximum Gasteiger partial charge on any atom is 0.326 e. The quantitative estimate of drug-likeness (QED) is 0.0159. The third-order valence-electron chi connectivity index (χ3n) is 25.1. The van der Waals surface area contributed by atoms with Crippen molar-refractivity contribution in [2.75, 3.05) is 44.3 Å². The van der Waals surface area contributed by atoms with Gasteiger partial charge < -0.3 is 146 Å². The fourth-order valence-electron chi connectivity index (χ4n) is 16.9. The number of imidazole rings is 1. The van der Waals surface area contributed by atoms with E-state index in [-0.39, 0.29) is 50.5 Å². The number of hydrogen-bond acceptors (Lipinski definition) is 27. The van der Waals surface area contributed by atoms with Crippen LogP contribution in [0, 0.1) is 17.8 Å². The van der Waals surface area contributed by atoms with Crippen LogP contribution < -0.4 is 96.1 Å². The number of benzene rings is 3. The molecular formula is C96H132N24O25S2. The number of aliphatic carboxylic acids is 2. The average molecular weight is 2090 g/mol. The molecule has 51 heteroatoms. The molecule has 0 aliphatic carbocycles. The average Bonchev–Trinajstić information content (AvgIpc) is 1.68. The molecule has 18 amide bonds. The van der Waals surface area contributed by atoms with Gasteiger partial charge in [0.15, 0.2) is 0 Å². The summed E-state index contributed by atoms with van der Waals surface area (Å²) in [4.78, 5) is 297. The summed E-state index contributed by atoms with van der Waals surface area (Å²) in [6, 6.07) is -4.52. The fourth-order valence-corrected chi connectivity index (χ4v) is 17.4. The number of aliphatic hydroxyl groups is 3. The number of carboxylic acid groups (broad SMARTS) is 2. The predicted molar refractivity (Wildman–Crippen MR) is 537 cm³/mol. The van der Waals surface area contributed by atoms with Crippen LogP contribution in [0.1, 0.15) is 136 Å². The smallest absolute Gasteiger partial charge is 0.326 e. The maximum absolute atomic E-state index is 15.1. The molecule has 2 aliphatic heterocycles. The van der Waals surface area contributed by atoms with Crippen molar-refractivity contribution in [1.29, 1.82) is 0 Å². The van der Waals surface area contributed by atoms with Crippen molar-refractivity contribution in [2.45, 2.75) is 248 Å². The number of thiol groups is 2. The van der Waals surface area contributed by atoms with Gasteiger partial charge in [-0.25, -0.2) is 9.78 Å². The van der Waals surface area contributed by atoms with E-state index in [9.17, 15) is 107 Å². The van der Waals surface area contributed by atoms with Gasteiger partial charge in [-0.3, -0.25) is 91.1 Å². The number of aromatic nitrogens is 5. The minimum absolute atomic E-state index is 0.0652. The number of amides is 18. The van der Waals surface area contributed by atoms with E-state index in [1.54, 1.807) is 121 Å². The van der Waals surface area contributed by atoms with Gasteiger partial charge in [-0.05, 0) is 112 Å². The molecule has 2 fully saturated rings. The molecule has 2 aliphatic rings.